The van der Waals surface area contributed by atoms with Crippen LogP contribution in [-0.4, -0.2) is 28.9 Å². The number of aromatic nitrogens is 2. The fourth-order valence-corrected chi connectivity index (χ4v) is 3.18. The van der Waals surface area contributed by atoms with E-state index in [0.717, 1.165) is 17.7 Å². The van der Waals surface area contributed by atoms with Crippen molar-refractivity contribution < 1.29 is 13.9 Å². The average molecular weight is 437 g/mol. The third-order valence-corrected chi connectivity index (χ3v) is 5.01. The lowest BCUT2D eigenvalue weighted by atomic mass is 10.1. The molecule has 3 rings (SSSR count). The molecule has 0 fully saturated rings. The number of carbonyl (C=O) groups is 1. The Morgan fingerprint density at radius 3 is 2.62 bits per heavy atom. The predicted octanol–water partition coefficient (Wildman–Crippen LogP) is 5.72. The van der Waals surface area contributed by atoms with Gasteiger partial charge < -0.3 is 4.74 Å². The predicted molar refractivity (Wildman–Crippen MR) is 124 cm³/mol. The van der Waals surface area contributed by atoms with Gasteiger partial charge in [-0.15, -0.1) is 0 Å². The third kappa shape index (κ3) is 7.04. The standard InChI is InChI=1S/C25H29FN4O2/c1-2-3-4-5-6-9-16-32-21-14-12-19(13-15-21)23-17-24(29-28-23)25(31)30-27-18-20-10-7-8-11-22(20)26/h7-8,10-15,17-18H,2-6,9,16H2,1H3,(H,28,29)(H,30,31)/b27-18+. The van der Waals surface area contributed by atoms with Crippen LogP contribution in [0.5, 0.6) is 5.75 Å². The number of hydrogen-bond donors (Lipinski definition) is 2. The first-order valence-electron chi connectivity index (χ1n) is 11.0. The molecule has 1 amide bonds. The summed E-state index contributed by atoms with van der Waals surface area (Å²) in [5.74, 6) is -0.0535. The van der Waals surface area contributed by atoms with Crippen LogP contribution in [0.4, 0.5) is 4.39 Å². The van der Waals surface area contributed by atoms with E-state index in [2.05, 4.69) is 27.6 Å². The van der Waals surface area contributed by atoms with E-state index >= 15 is 0 Å². The van der Waals surface area contributed by atoms with Gasteiger partial charge in [0.15, 0.2) is 0 Å². The lowest BCUT2D eigenvalue weighted by Crippen LogP contribution is -2.18. The highest BCUT2D eigenvalue weighted by molar-refractivity contribution is 5.94. The van der Waals surface area contributed by atoms with Crippen LogP contribution in [0.15, 0.2) is 59.7 Å². The number of benzene rings is 2. The van der Waals surface area contributed by atoms with Crippen molar-refractivity contribution in [1.29, 1.82) is 0 Å². The summed E-state index contributed by atoms with van der Waals surface area (Å²) in [5.41, 5.74) is 4.41. The van der Waals surface area contributed by atoms with Crippen LogP contribution in [0.25, 0.3) is 11.3 Å². The second-order valence-electron chi connectivity index (χ2n) is 7.53. The number of halogens is 1. The maximum atomic E-state index is 13.6. The molecule has 1 heterocycles. The Balaban J connectivity index is 1.47. The minimum Gasteiger partial charge on any atom is -0.494 e. The first kappa shape index (κ1) is 23.2. The van der Waals surface area contributed by atoms with Crippen LogP contribution in [0.2, 0.25) is 0 Å². The van der Waals surface area contributed by atoms with E-state index in [1.165, 1.54) is 44.4 Å². The molecule has 3 aromatic rings. The fourth-order valence-electron chi connectivity index (χ4n) is 3.18. The van der Waals surface area contributed by atoms with Crippen LogP contribution in [0, 0.1) is 5.82 Å². The van der Waals surface area contributed by atoms with Crippen molar-refractivity contribution in [2.75, 3.05) is 6.61 Å². The number of rotatable bonds is 12. The van der Waals surface area contributed by atoms with Gasteiger partial charge in [-0.3, -0.25) is 9.89 Å². The molecule has 1 aromatic heterocycles. The van der Waals surface area contributed by atoms with Gasteiger partial charge >= 0.3 is 0 Å². The summed E-state index contributed by atoms with van der Waals surface area (Å²) < 4.78 is 19.4. The molecule has 2 aromatic carbocycles. The third-order valence-electron chi connectivity index (χ3n) is 5.01. The molecular weight excluding hydrogens is 407 g/mol. The number of amides is 1. The second kappa shape index (κ2) is 12.4. The quantitative estimate of drug-likeness (QED) is 0.216. The molecule has 0 saturated heterocycles. The molecule has 0 atom stereocenters. The highest BCUT2D eigenvalue weighted by atomic mass is 19.1. The van der Waals surface area contributed by atoms with Crippen molar-refractivity contribution >= 4 is 12.1 Å². The van der Waals surface area contributed by atoms with Gasteiger partial charge in [0, 0.05) is 11.1 Å². The van der Waals surface area contributed by atoms with E-state index < -0.39 is 11.7 Å². The smallest absolute Gasteiger partial charge is 0.289 e. The lowest BCUT2D eigenvalue weighted by molar-refractivity contribution is 0.0950. The van der Waals surface area contributed by atoms with Crippen molar-refractivity contribution in [2.45, 2.75) is 45.4 Å². The van der Waals surface area contributed by atoms with Gasteiger partial charge in [-0.1, -0.05) is 57.2 Å². The maximum Gasteiger partial charge on any atom is 0.289 e. The Hall–Kier alpha value is -3.48. The average Bonchev–Trinajstić information content (AvgIpc) is 3.31. The van der Waals surface area contributed by atoms with E-state index in [1.54, 1.807) is 24.3 Å². The van der Waals surface area contributed by atoms with Gasteiger partial charge in [0.2, 0.25) is 0 Å². The zero-order chi connectivity index (χ0) is 22.6. The number of hydrogen-bond acceptors (Lipinski definition) is 4. The first-order valence-corrected chi connectivity index (χ1v) is 11.0. The minimum atomic E-state index is -0.463. The number of carbonyl (C=O) groups excluding carboxylic acids is 1. The molecule has 168 valence electrons. The largest absolute Gasteiger partial charge is 0.494 e. The molecule has 0 aliphatic heterocycles. The summed E-state index contributed by atoms with van der Waals surface area (Å²) in [4.78, 5) is 12.2. The Kier molecular flexibility index (Phi) is 8.98. The van der Waals surface area contributed by atoms with Gasteiger partial charge in [-0.2, -0.15) is 10.2 Å². The van der Waals surface area contributed by atoms with Crippen molar-refractivity contribution in [3.63, 3.8) is 0 Å². The number of hydrazone groups is 1. The Labute approximate surface area is 187 Å². The maximum absolute atomic E-state index is 13.6. The van der Waals surface area contributed by atoms with Gasteiger partial charge in [0.1, 0.15) is 17.3 Å². The number of ether oxygens (including phenoxy) is 1. The zero-order valence-corrected chi connectivity index (χ0v) is 18.3. The van der Waals surface area contributed by atoms with E-state index in [0.29, 0.717) is 12.3 Å². The Bertz CT molecular complexity index is 1010. The van der Waals surface area contributed by atoms with Crippen LogP contribution < -0.4 is 10.2 Å². The number of unbranched alkanes of at least 4 members (excludes halogenated alkanes) is 5. The highest BCUT2D eigenvalue weighted by Gasteiger charge is 2.10. The minimum absolute atomic E-state index is 0.258. The summed E-state index contributed by atoms with van der Waals surface area (Å²) >= 11 is 0. The molecule has 0 aliphatic carbocycles. The molecule has 32 heavy (non-hydrogen) atoms. The summed E-state index contributed by atoms with van der Waals surface area (Å²) in [6.07, 6.45) is 8.64. The van der Waals surface area contributed by atoms with E-state index in [1.807, 2.05) is 24.3 Å². The van der Waals surface area contributed by atoms with Crippen molar-refractivity contribution in [3.05, 3.63) is 71.7 Å². The summed E-state index contributed by atoms with van der Waals surface area (Å²) in [5, 5.41) is 10.7. The van der Waals surface area contributed by atoms with Crippen molar-refractivity contribution in [3.8, 4) is 17.0 Å². The lowest BCUT2D eigenvalue weighted by Gasteiger charge is -2.06. The van der Waals surface area contributed by atoms with E-state index in [4.69, 9.17) is 4.74 Å². The van der Waals surface area contributed by atoms with Crippen LogP contribution in [0.1, 0.15) is 61.5 Å². The van der Waals surface area contributed by atoms with Crippen molar-refractivity contribution in [2.24, 2.45) is 5.10 Å². The van der Waals surface area contributed by atoms with Gasteiger partial charge in [0.25, 0.3) is 5.91 Å². The Morgan fingerprint density at radius 2 is 1.84 bits per heavy atom. The molecule has 0 spiro atoms. The normalized spacial score (nSPS) is 11.1. The summed E-state index contributed by atoms with van der Waals surface area (Å²) in [6.45, 7) is 2.93. The number of aromatic amines is 1. The zero-order valence-electron chi connectivity index (χ0n) is 18.3. The summed E-state index contributed by atoms with van der Waals surface area (Å²) in [6, 6.07) is 15.4. The van der Waals surface area contributed by atoms with Crippen LogP contribution >= 0.6 is 0 Å². The van der Waals surface area contributed by atoms with E-state index in [-0.39, 0.29) is 11.3 Å². The van der Waals surface area contributed by atoms with Crippen molar-refractivity contribution in [1.82, 2.24) is 15.6 Å². The number of H-pyrrole nitrogens is 1. The molecule has 6 nitrogen and oxygen atoms in total. The molecule has 0 radical (unpaired) electrons. The second-order valence-corrected chi connectivity index (χ2v) is 7.53. The molecule has 0 aliphatic rings. The topological polar surface area (TPSA) is 79.4 Å². The fraction of sp³-hybridized carbons (Fsp3) is 0.320. The van der Waals surface area contributed by atoms with Gasteiger partial charge in [0.05, 0.1) is 18.5 Å². The number of nitrogens with zero attached hydrogens (tertiary/aromatic N) is 2. The first-order chi connectivity index (χ1) is 15.7. The molecule has 7 heteroatoms. The highest BCUT2D eigenvalue weighted by Crippen LogP contribution is 2.21. The molecule has 2 N–H and O–H groups in total. The molecule has 0 saturated carbocycles. The number of nitrogens with one attached hydrogen (secondary N) is 2. The van der Waals surface area contributed by atoms with Gasteiger partial charge in [-0.05, 0) is 42.8 Å². The van der Waals surface area contributed by atoms with Crippen LogP contribution in [-0.2, 0) is 0 Å². The molecule has 0 bridgehead atoms. The van der Waals surface area contributed by atoms with Crippen LogP contribution in [0.3, 0.4) is 0 Å². The SMILES string of the molecule is CCCCCCCCOc1ccc(-c2cc(C(=O)N/N=C/c3ccccc3F)[nH]n2)cc1. The summed E-state index contributed by atoms with van der Waals surface area (Å²) in [7, 11) is 0. The van der Waals surface area contributed by atoms with Gasteiger partial charge in [-0.25, -0.2) is 9.82 Å². The monoisotopic (exact) mass is 436 g/mol. The molecular formula is C25H29FN4O2. The van der Waals surface area contributed by atoms with E-state index in [9.17, 15) is 9.18 Å². The molecule has 0 unspecified atom stereocenters. The Morgan fingerprint density at radius 1 is 1.09 bits per heavy atom.